The first-order valence-corrected chi connectivity index (χ1v) is 6.71. The number of halogens is 2. The van der Waals surface area contributed by atoms with Gasteiger partial charge in [-0.05, 0) is 50.9 Å². The van der Waals surface area contributed by atoms with Crippen molar-refractivity contribution in [3.05, 3.63) is 50.8 Å². The van der Waals surface area contributed by atoms with Crippen LogP contribution >= 0.6 is 31.9 Å². The van der Waals surface area contributed by atoms with Gasteiger partial charge in [-0.2, -0.15) is 0 Å². The quantitative estimate of drug-likeness (QED) is 0.879. The second-order valence-electron chi connectivity index (χ2n) is 3.66. The van der Waals surface area contributed by atoms with Gasteiger partial charge in [0.1, 0.15) is 9.21 Å². The molecule has 0 fully saturated rings. The predicted molar refractivity (Wildman–Crippen MR) is 76.6 cm³/mol. The summed E-state index contributed by atoms with van der Waals surface area (Å²) < 4.78 is 1.08. The molecule has 2 rings (SSSR count). The van der Waals surface area contributed by atoms with Crippen molar-refractivity contribution in [3.8, 4) is 0 Å². The third-order valence-electron chi connectivity index (χ3n) is 2.21. The lowest BCUT2D eigenvalue weighted by molar-refractivity contribution is 0.102. The van der Waals surface area contributed by atoms with Gasteiger partial charge in [-0.1, -0.05) is 17.7 Å². The highest BCUT2D eigenvalue weighted by Gasteiger charge is 2.10. The number of aryl methyl sites for hydroxylation is 1. The topological polar surface area (TPSA) is 54.9 Å². The lowest BCUT2D eigenvalue weighted by Crippen LogP contribution is -2.13. The van der Waals surface area contributed by atoms with Crippen molar-refractivity contribution < 1.29 is 4.79 Å². The molecule has 2 aromatic rings. The third kappa shape index (κ3) is 3.14. The zero-order chi connectivity index (χ0) is 13.1. The molecule has 1 N–H and O–H groups in total. The second-order valence-corrected chi connectivity index (χ2v) is 5.22. The van der Waals surface area contributed by atoms with Crippen LogP contribution in [0.4, 0.5) is 5.82 Å². The summed E-state index contributed by atoms with van der Waals surface area (Å²) in [6, 6.07) is 7.34. The maximum atomic E-state index is 12.0. The Bertz CT molecular complexity index is 602. The van der Waals surface area contributed by atoms with Crippen molar-refractivity contribution in [2.24, 2.45) is 0 Å². The minimum atomic E-state index is -0.212. The number of hydrogen-bond acceptors (Lipinski definition) is 3. The van der Waals surface area contributed by atoms with Gasteiger partial charge in [0.2, 0.25) is 0 Å². The van der Waals surface area contributed by atoms with Gasteiger partial charge < -0.3 is 5.32 Å². The average Bonchev–Trinajstić information content (AvgIpc) is 2.32. The highest BCUT2D eigenvalue weighted by Crippen LogP contribution is 2.20. The van der Waals surface area contributed by atoms with Crippen LogP contribution in [0, 0.1) is 6.92 Å². The summed E-state index contributed by atoms with van der Waals surface area (Å²) in [5.74, 6) is 0.181. The molecule has 1 amide bonds. The molecule has 0 saturated carbocycles. The molecule has 0 atom stereocenters. The maximum absolute atomic E-state index is 12.0. The molecule has 18 heavy (non-hydrogen) atoms. The Morgan fingerprint density at radius 2 is 2.11 bits per heavy atom. The standard InChI is InChI=1S/C12H9Br2N3O/c1-7-3-2-4-8(5-7)12(18)17-11-10(14)16-9(13)6-15-11/h2-6H,1H3,(H,15,17,18). The molecule has 0 saturated heterocycles. The third-order valence-corrected chi connectivity index (χ3v) is 3.15. The second kappa shape index (κ2) is 5.58. The van der Waals surface area contributed by atoms with Crippen LogP contribution in [0.5, 0.6) is 0 Å². The number of rotatable bonds is 2. The van der Waals surface area contributed by atoms with Crippen molar-refractivity contribution in [3.63, 3.8) is 0 Å². The molecule has 0 bridgehead atoms. The zero-order valence-electron chi connectivity index (χ0n) is 9.45. The van der Waals surface area contributed by atoms with Crippen LogP contribution in [0.1, 0.15) is 15.9 Å². The molecule has 0 aliphatic heterocycles. The van der Waals surface area contributed by atoms with Gasteiger partial charge in [-0.25, -0.2) is 9.97 Å². The van der Waals surface area contributed by atoms with Gasteiger partial charge in [0.05, 0.1) is 6.20 Å². The van der Waals surface area contributed by atoms with E-state index in [0.717, 1.165) is 5.56 Å². The molecule has 4 nitrogen and oxygen atoms in total. The molecule has 1 aromatic carbocycles. The average molecular weight is 371 g/mol. The Morgan fingerprint density at radius 3 is 2.78 bits per heavy atom. The van der Waals surface area contributed by atoms with Crippen molar-refractivity contribution in [1.29, 1.82) is 0 Å². The van der Waals surface area contributed by atoms with Gasteiger partial charge in [0.25, 0.3) is 5.91 Å². The van der Waals surface area contributed by atoms with Crippen LogP contribution in [0.15, 0.2) is 39.7 Å². The molecule has 0 unspecified atom stereocenters. The Labute approximate surface area is 121 Å². The molecular weight excluding hydrogens is 362 g/mol. The monoisotopic (exact) mass is 369 g/mol. The minimum Gasteiger partial charge on any atom is -0.304 e. The van der Waals surface area contributed by atoms with E-state index in [1.165, 1.54) is 6.20 Å². The van der Waals surface area contributed by atoms with Gasteiger partial charge in [-0.3, -0.25) is 4.79 Å². The van der Waals surface area contributed by atoms with Crippen LogP contribution in [0.2, 0.25) is 0 Å². The van der Waals surface area contributed by atoms with Crippen LogP contribution in [0.25, 0.3) is 0 Å². The first-order chi connectivity index (χ1) is 8.56. The fourth-order valence-corrected chi connectivity index (χ4v) is 2.31. The molecule has 6 heteroatoms. The Kier molecular flexibility index (Phi) is 4.08. The summed E-state index contributed by atoms with van der Waals surface area (Å²) in [4.78, 5) is 20.2. The number of aromatic nitrogens is 2. The SMILES string of the molecule is Cc1cccc(C(=O)Nc2ncc(Br)nc2Br)c1. The van der Waals surface area contributed by atoms with Gasteiger partial charge in [0.15, 0.2) is 5.82 Å². The number of amides is 1. The van der Waals surface area contributed by atoms with Crippen molar-refractivity contribution in [1.82, 2.24) is 9.97 Å². The summed E-state index contributed by atoms with van der Waals surface area (Å²) in [5.41, 5.74) is 1.62. The lowest BCUT2D eigenvalue weighted by atomic mass is 10.1. The van der Waals surface area contributed by atoms with Gasteiger partial charge in [-0.15, -0.1) is 0 Å². The molecular formula is C12H9Br2N3O. The van der Waals surface area contributed by atoms with E-state index in [1.54, 1.807) is 6.07 Å². The van der Waals surface area contributed by atoms with Crippen molar-refractivity contribution >= 4 is 43.6 Å². The molecule has 1 heterocycles. The van der Waals surface area contributed by atoms with E-state index in [4.69, 9.17) is 0 Å². The summed E-state index contributed by atoms with van der Waals surface area (Å²) in [5, 5.41) is 2.70. The van der Waals surface area contributed by atoms with Gasteiger partial charge in [0, 0.05) is 5.56 Å². The molecule has 0 spiro atoms. The molecule has 0 aliphatic rings. The number of benzene rings is 1. The maximum Gasteiger partial charge on any atom is 0.256 e. The normalized spacial score (nSPS) is 10.2. The van der Waals surface area contributed by atoms with Crippen molar-refractivity contribution in [2.45, 2.75) is 6.92 Å². The van der Waals surface area contributed by atoms with E-state index in [0.29, 0.717) is 20.6 Å². The summed E-state index contributed by atoms with van der Waals surface area (Å²) in [7, 11) is 0. The summed E-state index contributed by atoms with van der Waals surface area (Å²) in [6.45, 7) is 1.94. The fourth-order valence-electron chi connectivity index (χ4n) is 1.40. The first-order valence-electron chi connectivity index (χ1n) is 5.12. The van der Waals surface area contributed by atoms with E-state index in [2.05, 4.69) is 47.1 Å². The largest absolute Gasteiger partial charge is 0.304 e. The molecule has 0 aliphatic carbocycles. The highest BCUT2D eigenvalue weighted by molar-refractivity contribution is 9.11. The Hall–Kier alpha value is -1.27. The number of nitrogens with zero attached hydrogens (tertiary/aromatic N) is 2. The molecule has 0 radical (unpaired) electrons. The first kappa shape index (κ1) is 13.2. The molecule has 1 aromatic heterocycles. The van der Waals surface area contributed by atoms with Crippen molar-refractivity contribution in [2.75, 3.05) is 5.32 Å². The van der Waals surface area contributed by atoms with E-state index < -0.39 is 0 Å². The molecule has 92 valence electrons. The number of carbonyl (C=O) groups is 1. The minimum absolute atomic E-state index is 0.212. The van der Waals surface area contributed by atoms with Crippen LogP contribution in [-0.4, -0.2) is 15.9 Å². The van der Waals surface area contributed by atoms with E-state index >= 15 is 0 Å². The highest BCUT2D eigenvalue weighted by atomic mass is 79.9. The zero-order valence-corrected chi connectivity index (χ0v) is 12.6. The number of nitrogens with one attached hydrogen (secondary N) is 1. The predicted octanol–water partition coefficient (Wildman–Crippen LogP) is 3.56. The van der Waals surface area contributed by atoms with E-state index in [9.17, 15) is 4.79 Å². The number of anilines is 1. The Morgan fingerprint density at radius 1 is 1.33 bits per heavy atom. The van der Waals surface area contributed by atoms with Crippen LogP contribution < -0.4 is 5.32 Å². The number of hydrogen-bond donors (Lipinski definition) is 1. The lowest BCUT2D eigenvalue weighted by Gasteiger charge is -2.06. The summed E-state index contributed by atoms with van der Waals surface area (Å²) in [6.07, 6.45) is 1.52. The number of carbonyl (C=O) groups excluding carboxylic acids is 1. The van der Waals surface area contributed by atoms with Gasteiger partial charge >= 0.3 is 0 Å². The van der Waals surface area contributed by atoms with Crippen LogP contribution in [-0.2, 0) is 0 Å². The summed E-state index contributed by atoms with van der Waals surface area (Å²) >= 11 is 6.44. The smallest absolute Gasteiger partial charge is 0.256 e. The van der Waals surface area contributed by atoms with E-state index in [-0.39, 0.29) is 5.91 Å². The Balaban J connectivity index is 2.21. The fraction of sp³-hybridized carbons (Fsp3) is 0.0833. The van der Waals surface area contributed by atoms with Crippen LogP contribution in [0.3, 0.4) is 0 Å². The van der Waals surface area contributed by atoms with E-state index in [1.807, 2.05) is 25.1 Å².